The van der Waals surface area contributed by atoms with Gasteiger partial charge in [-0.2, -0.15) is 0 Å². The monoisotopic (exact) mass is 400 g/mol. The minimum atomic E-state index is -0.207. The molecule has 0 radical (unpaired) electrons. The van der Waals surface area contributed by atoms with Crippen molar-refractivity contribution in [2.45, 2.75) is 33.2 Å². The number of nitrogens with zero attached hydrogens (tertiary/aromatic N) is 1. The van der Waals surface area contributed by atoms with E-state index in [-0.39, 0.29) is 12.5 Å². The van der Waals surface area contributed by atoms with Crippen molar-refractivity contribution in [1.29, 1.82) is 0 Å². The average Bonchev–Trinajstić information content (AvgIpc) is 3.39. The molecule has 1 amide bonds. The van der Waals surface area contributed by atoms with Gasteiger partial charge in [0.25, 0.3) is 5.91 Å². The van der Waals surface area contributed by atoms with E-state index in [9.17, 15) is 4.79 Å². The van der Waals surface area contributed by atoms with Crippen molar-refractivity contribution in [3.63, 3.8) is 0 Å². The first-order valence-electron chi connectivity index (χ1n) is 9.37. The lowest BCUT2D eigenvalue weighted by atomic mass is 10.2. The molecule has 3 rings (SSSR count). The third-order valence-electron chi connectivity index (χ3n) is 3.97. The van der Waals surface area contributed by atoms with E-state index in [0.29, 0.717) is 41.9 Å². The summed E-state index contributed by atoms with van der Waals surface area (Å²) in [5.74, 6) is 1.59. The average molecular weight is 401 g/mol. The Kier molecular flexibility index (Phi) is 7.08. The normalized spacial score (nSPS) is 10.6. The summed E-state index contributed by atoms with van der Waals surface area (Å²) in [6, 6.07) is 9.11. The van der Waals surface area contributed by atoms with Gasteiger partial charge in [0.15, 0.2) is 11.5 Å². The molecular weight excluding hydrogens is 376 g/mol. The number of aromatic nitrogens is 1. The lowest BCUT2D eigenvalue weighted by molar-refractivity contribution is 0.0950. The van der Waals surface area contributed by atoms with Crippen LogP contribution in [0.3, 0.4) is 0 Å². The quantitative estimate of drug-likeness (QED) is 0.490. The fourth-order valence-electron chi connectivity index (χ4n) is 2.54. The minimum absolute atomic E-state index is 0.207. The van der Waals surface area contributed by atoms with Gasteiger partial charge in [0.1, 0.15) is 6.26 Å². The SMILES string of the molecule is CCCCOc1ccc(C(=O)NCc2coc(-c3cccs3)n2)cc1OCC. The van der Waals surface area contributed by atoms with E-state index < -0.39 is 0 Å². The van der Waals surface area contributed by atoms with Gasteiger partial charge < -0.3 is 19.2 Å². The molecule has 0 aliphatic rings. The first kappa shape index (κ1) is 19.9. The van der Waals surface area contributed by atoms with Gasteiger partial charge in [-0.15, -0.1) is 11.3 Å². The first-order chi connectivity index (χ1) is 13.7. The molecule has 2 heterocycles. The van der Waals surface area contributed by atoms with E-state index in [1.54, 1.807) is 35.8 Å². The number of benzene rings is 1. The maximum atomic E-state index is 12.5. The highest BCUT2D eigenvalue weighted by molar-refractivity contribution is 7.13. The van der Waals surface area contributed by atoms with Crippen LogP contribution in [0.4, 0.5) is 0 Å². The molecule has 7 heteroatoms. The second-order valence-corrected chi connectivity index (χ2v) is 7.05. The number of thiophene rings is 1. The summed E-state index contributed by atoms with van der Waals surface area (Å²) < 4.78 is 16.9. The smallest absolute Gasteiger partial charge is 0.251 e. The molecule has 2 aromatic heterocycles. The van der Waals surface area contributed by atoms with E-state index in [4.69, 9.17) is 13.9 Å². The second kappa shape index (κ2) is 9.94. The predicted molar refractivity (Wildman–Crippen MR) is 109 cm³/mol. The third kappa shape index (κ3) is 5.13. The molecule has 1 aromatic carbocycles. The van der Waals surface area contributed by atoms with Crippen molar-refractivity contribution in [2.24, 2.45) is 0 Å². The number of carbonyl (C=O) groups is 1. The lowest BCUT2D eigenvalue weighted by Crippen LogP contribution is -2.23. The van der Waals surface area contributed by atoms with Crippen molar-refractivity contribution >= 4 is 17.2 Å². The van der Waals surface area contributed by atoms with Gasteiger partial charge in [-0.25, -0.2) is 4.98 Å². The van der Waals surface area contributed by atoms with Crippen LogP contribution in [0, 0.1) is 0 Å². The van der Waals surface area contributed by atoms with E-state index in [1.807, 2.05) is 24.4 Å². The zero-order chi connectivity index (χ0) is 19.8. The van der Waals surface area contributed by atoms with E-state index in [1.165, 1.54) is 0 Å². The van der Waals surface area contributed by atoms with Gasteiger partial charge in [-0.05, 0) is 43.0 Å². The van der Waals surface area contributed by atoms with Crippen LogP contribution < -0.4 is 14.8 Å². The molecule has 1 N–H and O–H groups in total. The molecule has 0 saturated heterocycles. The van der Waals surface area contributed by atoms with Crippen LogP contribution >= 0.6 is 11.3 Å². The number of unbranched alkanes of at least 4 members (excludes halogenated alkanes) is 1. The van der Waals surface area contributed by atoms with Crippen LogP contribution in [0.5, 0.6) is 11.5 Å². The standard InChI is InChI=1S/C21H24N2O4S/c1-3-5-10-26-17-9-8-15(12-18(17)25-4-2)20(24)22-13-16-14-27-21(23-16)19-7-6-11-28-19/h6-9,11-12,14H,3-5,10,13H2,1-2H3,(H,22,24). The molecule has 0 aliphatic heterocycles. The minimum Gasteiger partial charge on any atom is -0.490 e. The molecule has 0 aliphatic carbocycles. The molecule has 0 bridgehead atoms. The van der Waals surface area contributed by atoms with Crippen LogP contribution in [0.15, 0.2) is 46.4 Å². The van der Waals surface area contributed by atoms with Gasteiger partial charge in [-0.1, -0.05) is 19.4 Å². The van der Waals surface area contributed by atoms with Gasteiger partial charge in [-0.3, -0.25) is 4.79 Å². The Morgan fingerprint density at radius 1 is 1.21 bits per heavy atom. The molecule has 0 fully saturated rings. The molecule has 6 nitrogen and oxygen atoms in total. The molecule has 28 heavy (non-hydrogen) atoms. The van der Waals surface area contributed by atoms with E-state index in [2.05, 4.69) is 17.2 Å². The molecule has 0 atom stereocenters. The third-order valence-corrected chi connectivity index (χ3v) is 4.83. The lowest BCUT2D eigenvalue weighted by Gasteiger charge is -2.13. The summed E-state index contributed by atoms with van der Waals surface area (Å²) in [6.45, 7) is 5.42. The van der Waals surface area contributed by atoms with Crippen LogP contribution in [0.2, 0.25) is 0 Å². The summed E-state index contributed by atoms with van der Waals surface area (Å²) >= 11 is 1.56. The van der Waals surface area contributed by atoms with Crippen LogP contribution in [0.25, 0.3) is 10.8 Å². The first-order valence-corrected chi connectivity index (χ1v) is 10.2. The van der Waals surface area contributed by atoms with Crippen LogP contribution in [-0.4, -0.2) is 24.1 Å². The van der Waals surface area contributed by atoms with Gasteiger partial charge in [0.05, 0.1) is 30.3 Å². The highest BCUT2D eigenvalue weighted by Gasteiger charge is 2.13. The Bertz CT molecular complexity index is 890. The number of carbonyl (C=O) groups excluding carboxylic acids is 1. The number of hydrogen-bond acceptors (Lipinski definition) is 6. The Labute approximate surface area is 168 Å². The van der Waals surface area contributed by atoms with Crippen molar-refractivity contribution in [3.8, 4) is 22.3 Å². The molecule has 0 spiro atoms. The maximum Gasteiger partial charge on any atom is 0.251 e. The van der Waals surface area contributed by atoms with Crippen molar-refractivity contribution in [3.05, 3.63) is 53.2 Å². The zero-order valence-corrected chi connectivity index (χ0v) is 16.9. The Balaban J connectivity index is 1.62. The second-order valence-electron chi connectivity index (χ2n) is 6.10. The molecule has 0 unspecified atom stereocenters. The van der Waals surface area contributed by atoms with Crippen molar-refractivity contribution < 1.29 is 18.7 Å². The maximum absolute atomic E-state index is 12.5. The highest BCUT2D eigenvalue weighted by Crippen LogP contribution is 2.29. The van der Waals surface area contributed by atoms with Crippen molar-refractivity contribution in [2.75, 3.05) is 13.2 Å². The number of rotatable bonds is 10. The summed E-state index contributed by atoms with van der Waals surface area (Å²) in [4.78, 5) is 17.9. The molecule has 148 valence electrons. The van der Waals surface area contributed by atoms with Crippen LogP contribution in [-0.2, 0) is 6.54 Å². The number of hydrogen-bond donors (Lipinski definition) is 1. The summed E-state index contributed by atoms with van der Waals surface area (Å²) in [6.07, 6.45) is 3.59. The number of nitrogens with one attached hydrogen (secondary N) is 1. The summed E-state index contributed by atoms with van der Waals surface area (Å²) in [7, 11) is 0. The van der Waals surface area contributed by atoms with Gasteiger partial charge in [0, 0.05) is 5.56 Å². The number of amides is 1. The Morgan fingerprint density at radius 3 is 2.86 bits per heavy atom. The molecule has 3 aromatic rings. The molecular formula is C21H24N2O4S. The fourth-order valence-corrected chi connectivity index (χ4v) is 3.19. The molecule has 0 saturated carbocycles. The van der Waals surface area contributed by atoms with Gasteiger partial charge >= 0.3 is 0 Å². The fraction of sp³-hybridized carbons (Fsp3) is 0.333. The number of oxazole rings is 1. The largest absolute Gasteiger partial charge is 0.490 e. The topological polar surface area (TPSA) is 73.6 Å². The Morgan fingerprint density at radius 2 is 2.11 bits per heavy atom. The van der Waals surface area contributed by atoms with E-state index in [0.717, 1.165) is 17.7 Å². The van der Waals surface area contributed by atoms with E-state index >= 15 is 0 Å². The van der Waals surface area contributed by atoms with Crippen LogP contribution in [0.1, 0.15) is 42.7 Å². The highest BCUT2D eigenvalue weighted by atomic mass is 32.1. The number of ether oxygens (including phenoxy) is 2. The Hall–Kier alpha value is -2.80. The van der Waals surface area contributed by atoms with Crippen molar-refractivity contribution in [1.82, 2.24) is 10.3 Å². The summed E-state index contributed by atoms with van der Waals surface area (Å²) in [5.41, 5.74) is 1.18. The summed E-state index contributed by atoms with van der Waals surface area (Å²) in [5, 5.41) is 4.83. The predicted octanol–water partition coefficient (Wildman–Crippen LogP) is 4.91. The van der Waals surface area contributed by atoms with Gasteiger partial charge in [0.2, 0.25) is 5.89 Å². The zero-order valence-electron chi connectivity index (χ0n) is 16.1.